The third-order valence-corrected chi connectivity index (χ3v) is 5.60. The van der Waals surface area contributed by atoms with Crippen LogP contribution in [0.5, 0.6) is 5.75 Å². The topological polar surface area (TPSA) is 77.0 Å². The molecule has 9 heteroatoms. The molecule has 0 unspecified atom stereocenters. The average molecular weight is 393 g/mol. The summed E-state index contributed by atoms with van der Waals surface area (Å²) in [6, 6.07) is 10.6. The van der Waals surface area contributed by atoms with Gasteiger partial charge in [0.15, 0.2) is 0 Å². The molecule has 6 nitrogen and oxygen atoms in total. The van der Waals surface area contributed by atoms with Gasteiger partial charge in [0.05, 0.1) is 17.9 Å². The standard InChI is InChI=1S/C16H13ClN4O2S2/c1-23-11-6-4-10(5-7-11)19-14(22)16-21-20-13(25-16)9-24-15-12(17)3-2-8-18-15/h2-8H,9H2,1H3,(H,19,22). The Balaban J connectivity index is 1.60. The first-order valence-corrected chi connectivity index (χ1v) is 9.35. The van der Waals surface area contributed by atoms with Gasteiger partial charge in [-0.3, -0.25) is 4.79 Å². The van der Waals surface area contributed by atoms with E-state index in [1.807, 2.05) is 0 Å². The number of hydrogen-bond donors (Lipinski definition) is 1. The molecule has 0 aliphatic rings. The summed E-state index contributed by atoms with van der Waals surface area (Å²) in [5, 5.41) is 13.1. The second kappa shape index (κ2) is 8.28. The third-order valence-electron chi connectivity index (χ3n) is 3.07. The first-order valence-electron chi connectivity index (χ1n) is 7.17. The van der Waals surface area contributed by atoms with Crippen LogP contribution in [0.25, 0.3) is 0 Å². The number of rotatable bonds is 6. The zero-order valence-corrected chi connectivity index (χ0v) is 15.5. The number of nitrogens with zero attached hydrogens (tertiary/aromatic N) is 3. The van der Waals surface area contributed by atoms with Gasteiger partial charge in [-0.1, -0.05) is 34.7 Å². The molecule has 2 heterocycles. The molecule has 3 aromatic rings. The van der Waals surface area contributed by atoms with Crippen LogP contribution in [0.2, 0.25) is 5.02 Å². The van der Waals surface area contributed by atoms with E-state index in [1.54, 1.807) is 49.7 Å². The lowest BCUT2D eigenvalue weighted by Crippen LogP contribution is -2.11. The van der Waals surface area contributed by atoms with Crippen molar-refractivity contribution in [1.82, 2.24) is 15.2 Å². The number of benzene rings is 1. The van der Waals surface area contributed by atoms with Gasteiger partial charge in [-0.25, -0.2) is 4.98 Å². The van der Waals surface area contributed by atoms with Crippen LogP contribution in [-0.2, 0) is 5.75 Å². The number of pyridine rings is 1. The summed E-state index contributed by atoms with van der Waals surface area (Å²) in [6.45, 7) is 0. The summed E-state index contributed by atoms with van der Waals surface area (Å²) in [4.78, 5) is 16.4. The molecule has 0 aliphatic heterocycles. The number of methoxy groups -OCH3 is 1. The largest absolute Gasteiger partial charge is 0.497 e. The van der Waals surface area contributed by atoms with E-state index < -0.39 is 0 Å². The minimum Gasteiger partial charge on any atom is -0.497 e. The van der Waals surface area contributed by atoms with Crippen molar-refractivity contribution in [2.24, 2.45) is 0 Å². The molecule has 128 valence electrons. The molecule has 0 aliphatic carbocycles. The van der Waals surface area contributed by atoms with Crippen LogP contribution in [-0.4, -0.2) is 28.2 Å². The molecule has 1 amide bonds. The highest BCUT2D eigenvalue weighted by molar-refractivity contribution is 7.98. The van der Waals surface area contributed by atoms with Gasteiger partial charge in [-0.2, -0.15) is 0 Å². The Kier molecular flexibility index (Phi) is 5.85. The van der Waals surface area contributed by atoms with Crippen molar-refractivity contribution in [2.45, 2.75) is 10.8 Å². The number of carbonyl (C=O) groups excluding carboxylic acids is 1. The third kappa shape index (κ3) is 4.68. The monoisotopic (exact) mass is 392 g/mol. The van der Waals surface area contributed by atoms with Gasteiger partial charge >= 0.3 is 0 Å². The van der Waals surface area contributed by atoms with E-state index >= 15 is 0 Å². The van der Waals surface area contributed by atoms with E-state index in [-0.39, 0.29) is 5.91 Å². The first-order chi connectivity index (χ1) is 12.2. The highest BCUT2D eigenvalue weighted by atomic mass is 35.5. The molecule has 3 rings (SSSR count). The summed E-state index contributed by atoms with van der Waals surface area (Å²) in [6.07, 6.45) is 1.68. The Labute approximate surface area is 157 Å². The van der Waals surface area contributed by atoms with E-state index in [0.717, 1.165) is 15.8 Å². The van der Waals surface area contributed by atoms with Crippen LogP contribution >= 0.6 is 34.7 Å². The molecule has 2 aromatic heterocycles. The maximum absolute atomic E-state index is 12.2. The second-order valence-electron chi connectivity index (χ2n) is 4.76. The predicted molar refractivity (Wildman–Crippen MR) is 99.7 cm³/mol. The highest BCUT2D eigenvalue weighted by Crippen LogP contribution is 2.28. The number of ether oxygens (including phenoxy) is 1. The maximum Gasteiger partial charge on any atom is 0.286 e. The zero-order valence-electron chi connectivity index (χ0n) is 13.1. The van der Waals surface area contributed by atoms with Crippen molar-refractivity contribution in [2.75, 3.05) is 12.4 Å². The molecule has 1 aromatic carbocycles. The predicted octanol–water partition coefficient (Wildman–Crippen LogP) is 4.14. The fourth-order valence-corrected chi connectivity index (χ4v) is 3.76. The van der Waals surface area contributed by atoms with Crippen molar-refractivity contribution in [3.63, 3.8) is 0 Å². The second-order valence-corrected chi connectivity index (χ2v) is 7.20. The van der Waals surface area contributed by atoms with Crippen LogP contribution < -0.4 is 10.1 Å². The molecule has 0 atom stereocenters. The van der Waals surface area contributed by atoms with Crippen molar-refractivity contribution >= 4 is 46.3 Å². The maximum atomic E-state index is 12.2. The van der Waals surface area contributed by atoms with Gasteiger partial charge in [0, 0.05) is 11.9 Å². The van der Waals surface area contributed by atoms with E-state index in [9.17, 15) is 4.79 Å². The van der Waals surface area contributed by atoms with Crippen LogP contribution in [0.1, 0.15) is 14.8 Å². The Morgan fingerprint density at radius 3 is 2.80 bits per heavy atom. The first kappa shape index (κ1) is 17.7. The van der Waals surface area contributed by atoms with E-state index in [1.165, 1.54) is 23.1 Å². The van der Waals surface area contributed by atoms with Crippen molar-refractivity contribution in [1.29, 1.82) is 0 Å². The molecule has 0 radical (unpaired) electrons. The van der Waals surface area contributed by atoms with Gasteiger partial charge < -0.3 is 10.1 Å². The molecule has 0 saturated heterocycles. The van der Waals surface area contributed by atoms with Gasteiger partial charge in [0.2, 0.25) is 5.01 Å². The van der Waals surface area contributed by atoms with E-state index in [2.05, 4.69) is 20.5 Å². The molecule has 25 heavy (non-hydrogen) atoms. The number of thioether (sulfide) groups is 1. The minimum absolute atomic E-state index is 0.296. The number of nitrogens with one attached hydrogen (secondary N) is 1. The Morgan fingerprint density at radius 1 is 1.28 bits per heavy atom. The van der Waals surface area contributed by atoms with Crippen molar-refractivity contribution in [3.8, 4) is 5.75 Å². The Morgan fingerprint density at radius 2 is 2.08 bits per heavy atom. The number of amides is 1. The summed E-state index contributed by atoms with van der Waals surface area (Å²) in [5.41, 5.74) is 0.664. The van der Waals surface area contributed by atoms with Gasteiger partial charge in [-0.05, 0) is 36.4 Å². The van der Waals surface area contributed by atoms with Gasteiger partial charge in [0.1, 0.15) is 15.8 Å². The molecule has 0 fully saturated rings. The normalized spacial score (nSPS) is 10.5. The Bertz CT molecular complexity index is 871. The summed E-state index contributed by atoms with van der Waals surface area (Å²) in [7, 11) is 1.59. The number of halogens is 1. The highest BCUT2D eigenvalue weighted by Gasteiger charge is 2.14. The lowest BCUT2D eigenvalue weighted by Gasteiger charge is -2.04. The smallest absolute Gasteiger partial charge is 0.286 e. The number of carbonyl (C=O) groups is 1. The lowest BCUT2D eigenvalue weighted by atomic mass is 10.3. The van der Waals surface area contributed by atoms with Crippen LogP contribution in [0.15, 0.2) is 47.6 Å². The van der Waals surface area contributed by atoms with E-state index in [0.29, 0.717) is 21.5 Å². The SMILES string of the molecule is COc1ccc(NC(=O)c2nnc(CSc3ncccc3Cl)s2)cc1. The average Bonchev–Trinajstić information content (AvgIpc) is 3.11. The molecular weight excluding hydrogens is 380 g/mol. The molecule has 0 bridgehead atoms. The van der Waals surface area contributed by atoms with Gasteiger partial charge in [-0.15, -0.1) is 10.2 Å². The van der Waals surface area contributed by atoms with Crippen LogP contribution in [0, 0.1) is 0 Å². The van der Waals surface area contributed by atoms with Crippen molar-refractivity contribution < 1.29 is 9.53 Å². The van der Waals surface area contributed by atoms with Crippen LogP contribution in [0.4, 0.5) is 5.69 Å². The Hall–Kier alpha value is -2.16. The van der Waals surface area contributed by atoms with Gasteiger partial charge in [0.25, 0.3) is 5.91 Å². The summed E-state index contributed by atoms with van der Waals surface area (Å²) < 4.78 is 5.08. The number of anilines is 1. The summed E-state index contributed by atoms with van der Waals surface area (Å²) >= 11 is 8.76. The van der Waals surface area contributed by atoms with Crippen LogP contribution in [0.3, 0.4) is 0 Å². The fourth-order valence-electron chi connectivity index (χ4n) is 1.87. The number of aromatic nitrogens is 3. The molecule has 0 spiro atoms. The fraction of sp³-hybridized carbons (Fsp3) is 0.125. The molecular formula is C16H13ClN4O2S2. The minimum atomic E-state index is -0.296. The number of hydrogen-bond acceptors (Lipinski definition) is 7. The quantitative estimate of drug-likeness (QED) is 0.635. The molecule has 0 saturated carbocycles. The van der Waals surface area contributed by atoms with E-state index in [4.69, 9.17) is 16.3 Å². The van der Waals surface area contributed by atoms with Crippen molar-refractivity contribution in [3.05, 3.63) is 57.6 Å². The summed E-state index contributed by atoms with van der Waals surface area (Å²) in [5.74, 6) is 0.973. The zero-order chi connectivity index (χ0) is 17.6. The molecule has 1 N–H and O–H groups in total. The lowest BCUT2D eigenvalue weighted by molar-refractivity contribution is 0.102.